The molecule has 0 saturated carbocycles. The molecule has 1 aliphatic heterocycles. The van der Waals surface area contributed by atoms with Crippen LogP contribution >= 0.6 is 0 Å². The number of esters is 1. The quantitative estimate of drug-likeness (QED) is 0.0195. The molecule has 0 aromatic heterocycles. The number of aliphatic hydroxyl groups is 5. The fourth-order valence-corrected chi connectivity index (χ4v) is 12.4. The minimum Gasteiger partial charge on any atom is -0.454 e. The van der Waals surface area contributed by atoms with Gasteiger partial charge in [0.05, 0.1) is 25.4 Å². The van der Waals surface area contributed by atoms with Crippen LogP contribution in [0.5, 0.6) is 0 Å². The number of aliphatic hydroxyl groups excluding tert-OH is 5. The monoisotopic (exact) mass is 1230 g/mol. The second-order valence-corrected chi connectivity index (χ2v) is 26.7. The van der Waals surface area contributed by atoms with Crippen molar-refractivity contribution in [2.24, 2.45) is 0 Å². The summed E-state index contributed by atoms with van der Waals surface area (Å²) in [5.41, 5.74) is 0. The third kappa shape index (κ3) is 51.4. The second kappa shape index (κ2) is 64.3. The van der Waals surface area contributed by atoms with Crippen LogP contribution in [0.2, 0.25) is 0 Å². The van der Waals surface area contributed by atoms with Crippen molar-refractivity contribution in [1.82, 2.24) is 5.32 Å². The lowest BCUT2D eigenvalue weighted by atomic mass is 9.99. The number of nitrogens with one attached hydrogen (secondary N) is 1. The predicted octanol–water partition coefficient (Wildman–Crippen LogP) is 20.0. The first-order valence-corrected chi connectivity index (χ1v) is 38.1. The number of hydrogen-bond acceptors (Lipinski definition) is 10. The fraction of sp³-hybridized carbons (Fsp3) is 0.921. The zero-order valence-electron chi connectivity index (χ0n) is 57.4. The Morgan fingerprint density at radius 1 is 0.437 bits per heavy atom. The molecule has 1 fully saturated rings. The van der Waals surface area contributed by atoms with E-state index in [1.807, 2.05) is 6.08 Å². The van der Waals surface area contributed by atoms with E-state index in [1.54, 1.807) is 6.08 Å². The molecule has 11 heteroatoms. The highest BCUT2D eigenvalue weighted by molar-refractivity contribution is 5.80. The van der Waals surface area contributed by atoms with Crippen molar-refractivity contribution < 1.29 is 49.3 Å². The zero-order valence-corrected chi connectivity index (χ0v) is 57.4. The van der Waals surface area contributed by atoms with Crippen LogP contribution in [0.3, 0.4) is 0 Å². The van der Waals surface area contributed by atoms with Crippen molar-refractivity contribution in [2.75, 3.05) is 13.2 Å². The molecule has 8 unspecified atom stereocenters. The maximum absolute atomic E-state index is 13.5. The van der Waals surface area contributed by atoms with E-state index >= 15 is 0 Å². The smallest absolute Gasteiger partial charge is 0.306 e. The fourth-order valence-electron chi connectivity index (χ4n) is 12.4. The molecule has 0 aromatic carbocycles. The van der Waals surface area contributed by atoms with Crippen LogP contribution < -0.4 is 5.32 Å². The van der Waals surface area contributed by atoms with Crippen LogP contribution in [-0.4, -0.2) is 99.6 Å². The van der Waals surface area contributed by atoms with Gasteiger partial charge in [0, 0.05) is 6.42 Å². The molecule has 0 aromatic rings. The molecule has 514 valence electrons. The molecule has 0 bridgehead atoms. The summed E-state index contributed by atoms with van der Waals surface area (Å²) in [5, 5.41) is 57.3. The SMILES string of the molecule is CCCCCCCC/C=C/CCCCCCCCCCC(O)C(=O)NC(COC1OC(CO)C(O)C(O)C1OC(=O)CCCCCCCCCCCCCCCCCCCCCCCCCCCCC)C(O)/C=C/CCCCCCCCCCCCC. The highest BCUT2D eigenvalue weighted by Crippen LogP contribution is 2.27. The zero-order chi connectivity index (χ0) is 63.1. The number of rotatable bonds is 67. The summed E-state index contributed by atoms with van der Waals surface area (Å²) in [5.74, 6) is -1.18. The van der Waals surface area contributed by atoms with E-state index in [1.165, 1.54) is 276 Å². The minimum atomic E-state index is -1.61. The average Bonchev–Trinajstić information content (AvgIpc) is 2.75. The van der Waals surface area contributed by atoms with Gasteiger partial charge < -0.3 is 45.1 Å². The molecule has 1 saturated heterocycles. The van der Waals surface area contributed by atoms with E-state index in [9.17, 15) is 35.1 Å². The van der Waals surface area contributed by atoms with E-state index in [0.29, 0.717) is 19.3 Å². The molecule has 1 heterocycles. The van der Waals surface area contributed by atoms with Crippen LogP contribution in [0.4, 0.5) is 0 Å². The van der Waals surface area contributed by atoms with Crippen LogP contribution in [-0.2, 0) is 23.8 Å². The van der Waals surface area contributed by atoms with Crippen LogP contribution in [0.25, 0.3) is 0 Å². The van der Waals surface area contributed by atoms with Gasteiger partial charge in [-0.1, -0.05) is 353 Å². The van der Waals surface area contributed by atoms with E-state index in [2.05, 4.69) is 38.2 Å². The predicted molar refractivity (Wildman–Crippen MR) is 366 cm³/mol. The first kappa shape index (κ1) is 83.2. The molecule has 1 amide bonds. The number of carbonyl (C=O) groups is 2. The Morgan fingerprint density at radius 2 is 0.759 bits per heavy atom. The Morgan fingerprint density at radius 3 is 1.11 bits per heavy atom. The lowest BCUT2D eigenvalue weighted by Gasteiger charge is -2.41. The van der Waals surface area contributed by atoms with Gasteiger partial charge in [0.25, 0.3) is 0 Å². The van der Waals surface area contributed by atoms with Gasteiger partial charge in [0.15, 0.2) is 12.4 Å². The Kier molecular flexibility index (Phi) is 61.4. The molecule has 11 nitrogen and oxygen atoms in total. The van der Waals surface area contributed by atoms with E-state index in [0.717, 1.165) is 64.2 Å². The second-order valence-electron chi connectivity index (χ2n) is 26.7. The molecule has 8 atom stereocenters. The van der Waals surface area contributed by atoms with E-state index < -0.39 is 67.4 Å². The molecule has 1 rings (SSSR count). The summed E-state index contributed by atoms with van der Waals surface area (Å²) in [6, 6.07) is -1.02. The molecule has 0 aliphatic carbocycles. The highest BCUT2D eigenvalue weighted by Gasteiger charge is 2.47. The number of ether oxygens (including phenoxy) is 3. The molecule has 1 aliphatic rings. The van der Waals surface area contributed by atoms with Crippen LogP contribution in [0.15, 0.2) is 24.3 Å². The normalized spacial score (nSPS) is 18.3. The first-order chi connectivity index (χ1) is 42.7. The Hall–Kier alpha value is -1.86. The molecular weight excluding hydrogens is 1090 g/mol. The Bertz CT molecular complexity index is 1510. The Balaban J connectivity index is 2.51. The van der Waals surface area contributed by atoms with Gasteiger partial charge in [0.2, 0.25) is 5.91 Å². The van der Waals surface area contributed by atoms with Gasteiger partial charge in [-0.15, -0.1) is 0 Å². The summed E-state index contributed by atoms with van der Waals surface area (Å²) in [7, 11) is 0. The van der Waals surface area contributed by atoms with Gasteiger partial charge in [-0.2, -0.15) is 0 Å². The highest BCUT2D eigenvalue weighted by atomic mass is 16.7. The summed E-state index contributed by atoms with van der Waals surface area (Å²) in [4.78, 5) is 26.7. The maximum Gasteiger partial charge on any atom is 0.306 e. The summed E-state index contributed by atoms with van der Waals surface area (Å²) in [6.45, 7) is 5.86. The first-order valence-electron chi connectivity index (χ1n) is 38.1. The topological polar surface area (TPSA) is 175 Å². The van der Waals surface area contributed by atoms with Crippen molar-refractivity contribution in [2.45, 2.75) is 436 Å². The molecular formula is C76H145NO10. The van der Waals surface area contributed by atoms with Crippen molar-refractivity contribution in [3.8, 4) is 0 Å². The van der Waals surface area contributed by atoms with Gasteiger partial charge in [-0.25, -0.2) is 0 Å². The number of unbranched alkanes of at least 4 members (excludes halogenated alkanes) is 51. The van der Waals surface area contributed by atoms with Gasteiger partial charge in [-0.3, -0.25) is 9.59 Å². The van der Waals surface area contributed by atoms with Crippen molar-refractivity contribution in [1.29, 1.82) is 0 Å². The number of allylic oxidation sites excluding steroid dienone is 3. The average molecular weight is 1230 g/mol. The van der Waals surface area contributed by atoms with E-state index in [4.69, 9.17) is 14.2 Å². The lowest BCUT2D eigenvalue weighted by molar-refractivity contribution is -0.305. The number of hydrogen-bond donors (Lipinski definition) is 6. The van der Waals surface area contributed by atoms with E-state index in [-0.39, 0.29) is 13.0 Å². The maximum atomic E-state index is 13.5. The van der Waals surface area contributed by atoms with Crippen molar-refractivity contribution in [3.05, 3.63) is 24.3 Å². The largest absolute Gasteiger partial charge is 0.454 e. The lowest BCUT2D eigenvalue weighted by Crippen LogP contribution is -2.61. The standard InChI is InChI=1S/C76H145NO10/c1-4-7-10-13-16-19-22-25-27-29-31-32-33-34-35-36-37-38-39-41-43-46-49-52-55-58-61-64-71(81)87-74-73(83)72(82)70(65-78)86-76(74)85-66-67(68(79)62-59-56-53-50-47-44-24-21-18-15-12-9-6-3)77-75(84)69(80)63-60-57-54-51-48-45-42-40-30-28-26-23-20-17-14-11-8-5-2/h26,28,59,62,67-70,72-74,76,78-80,82-83H,4-25,27,29-58,60-61,63-66H2,1-3H3,(H,77,84)/b28-26+,62-59+. The minimum absolute atomic E-state index is 0.131. The third-order valence-corrected chi connectivity index (χ3v) is 18.4. The molecule has 6 N–H and O–H groups in total. The van der Waals surface area contributed by atoms with Crippen LogP contribution in [0, 0.1) is 0 Å². The van der Waals surface area contributed by atoms with Crippen molar-refractivity contribution in [3.63, 3.8) is 0 Å². The summed E-state index contributed by atoms with van der Waals surface area (Å²) >= 11 is 0. The third-order valence-electron chi connectivity index (χ3n) is 18.4. The summed E-state index contributed by atoms with van der Waals surface area (Å²) in [6.07, 6.45) is 68.0. The molecule has 0 radical (unpaired) electrons. The molecule has 87 heavy (non-hydrogen) atoms. The van der Waals surface area contributed by atoms with Gasteiger partial charge >= 0.3 is 5.97 Å². The van der Waals surface area contributed by atoms with Gasteiger partial charge in [-0.05, 0) is 51.4 Å². The molecule has 0 spiro atoms. The van der Waals surface area contributed by atoms with Gasteiger partial charge in [0.1, 0.15) is 24.4 Å². The van der Waals surface area contributed by atoms with Crippen LogP contribution in [0.1, 0.15) is 387 Å². The summed E-state index contributed by atoms with van der Waals surface area (Å²) < 4.78 is 17.7. The number of carbonyl (C=O) groups excluding carboxylic acids is 2. The van der Waals surface area contributed by atoms with Crippen molar-refractivity contribution >= 4 is 11.9 Å². The number of amides is 1. The Labute approximate surface area is 537 Å².